The van der Waals surface area contributed by atoms with Crippen LogP contribution in [0.4, 0.5) is 11.4 Å². The Kier molecular flexibility index (Phi) is 4.80. The number of carbonyl (C=O) groups excluding carboxylic acids is 1. The van der Waals surface area contributed by atoms with Crippen molar-refractivity contribution in [3.63, 3.8) is 0 Å². The Bertz CT molecular complexity index is 782. The number of anilines is 2. The number of nitrogens with zero attached hydrogens (tertiary/aromatic N) is 2. The minimum absolute atomic E-state index is 0.112. The smallest absolute Gasteiger partial charge is 0.253 e. The van der Waals surface area contributed by atoms with E-state index in [2.05, 4.69) is 29.2 Å². The molecular formula is C21H25N3O2. The van der Waals surface area contributed by atoms with E-state index in [0.29, 0.717) is 18.7 Å². The van der Waals surface area contributed by atoms with Crippen LogP contribution in [0.5, 0.6) is 5.75 Å². The lowest BCUT2D eigenvalue weighted by atomic mass is 10.1. The molecule has 0 unspecified atom stereocenters. The SMILES string of the molecule is NCc1ccc(N2CCOc3cc(C(=O)N4CCCCC4)ccc32)cc1. The maximum absolute atomic E-state index is 12.8. The predicted octanol–water partition coefficient (Wildman–Crippen LogP) is 3.30. The first-order valence-corrected chi connectivity index (χ1v) is 9.39. The minimum Gasteiger partial charge on any atom is -0.490 e. The van der Waals surface area contributed by atoms with Gasteiger partial charge in [-0.1, -0.05) is 12.1 Å². The molecule has 5 heteroatoms. The van der Waals surface area contributed by atoms with Crippen LogP contribution in [0.15, 0.2) is 42.5 Å². The highest BCUT2D eigenvalue weighted by Gasteiger charge is 2.23. The molecule has 0 aliphatic carbocycles. The second-order valence-electron chi connectivity index (χ2n) is 6.91. The van der Waals surface area contributed by atoms with Crippen molar-refractivity contribution in [2.24, 2.45) is 5.73 Å². The first-order valence-electron chi connectivity index (χ1n) is 9.39. The van der Waals surface area contributed by atoms with Crippen LogP contribution in [0, 0.1) is 0 Å². The maximum atomic E-state index is 12.8. The van der Waals surface area contributed by atoms with Crippen LogP contribution in [0.1, 0.15) is 35.2 Å². The summed E-state index contributed by atoms with van der Waals surface area (Å²) in [7, 11) is 0. The molecule has 0 radical (unpaired) electrons. The van der Waals surface area contributed by atoms with Crippen LogP contribution in [0.3, 0.4) is 0 Å². The van der Waals surface area contributed by atoms with Gasteiger partial charge in [0.25, 0.3) is 5.91 Å². The Hall–Kier alpha value is -2.53. The van der Waals surface area contributed by atoms with Gasteiger partial charge in [0.1, 0.15) is 12.4 Å². The van der Waals surface area contributed by atoms with Crippen LogP contribution in [-0.2, 0) is 6.54 Å². The Morgan fingerprint density at radius 1 is 1.00 bits per heavy atom. The number of hydrogen-bond acceptors (Lipinski definition) is 4. The molecule has 1 fully saturated rings. The van der Waals surface area contributed by atoms with Crippen LogP contribution in [-0.4, -0.2) is 37.0 Å². The molecule has 2 N–H and O–H groups in total. The van der Waals surface area contributed by atoms with Crippen LogP contribution in [0.2, 0.25) is 0 Å². The zero-order chi connectivity index (χ0) is 17.9. The van der Waals surface area contributed by atoms with E-state index in [9.17, 15) is 4.79 Å². The average molecular weight is 351 g/mol. The lowest BCUT2D eigenvalue weighted by Crippen LogP contribution is -2.35. The summed E-state index contributed by atoms with van der Waals surface area (Å²) in [4.78, 5) is 16.9. The molecule has 1 saturated heterocycles. The monoisotopic (exact) mass is 351 g/mol. The van der Waals surface area contributed by atoms with E-state index in [1.807, 2.05) is 23.1 Å². The third kappa shape index (κ3) is 3.27. The maximum Gasteiger partial charge on any atom is 0.253 e. The highest BCUT2D eigenvalue weighted by molar-refractivity contribution is 5.95. The van der Waals surface area contributed by atoms with Crippen LogP contribution < -0.4 is 15.4 Å². The van der Waals surface area contributed by atoms with Crippen molar-refractivity contribution < 1.29 is 9.53 Å². The first kappa shape index (κ1) is 16.9. The Labute approximate surface area is 154 Å². The number of benzene rings is 2. The Morgan fingerprint density at radius 3 is 2.50 bits per heavy atom. The number of likely N-dealkylation sites (tertiary alicyclic amines) is 1. The molecule has 136 valence electrons. The summed E-state index contributed by atoms with van der Waals surface area (Å²) < 4.78 is 5.87. The summed E-state index contributed by atoms with van der Waals surface area (Å²) in [6.07, 6.45) is 3.41. The Morgan fingerprint density at radius 2 is 1.77 bits per heavy atom. The fraction of sp³-hybridized carbons (Fsp3) is 0.381. The van der Waals surface area contributed by atoms with Crippen molar-refractivity contribution >= 4 is 17.3 Å². The molecule has 0 bridgehead atoms. The van der Waals surface area contributed by atoms with Gasteiger partial charge in [-0.15, -0.1) is 0 Å². The van der Waals surface area contributed by atoms with E-state index in [-0.39, 0.29) is 5.91 Å². The van der Waals surface area contributed by atoms with Gasteiger partial charge < -0.3 is 20.3 Å². The third-order valence-corrected chi connectivity index (χ3v) is 5.20. The van der Waals surface area contributed by atoms with E-state index < -0.39 is 0 Å². The van der Waals surface area contributed by atoms with E-state index in [4.69, 9.17) is 10.5 Å². The number of piperidine rings is 1. The van der Waals surface area contributed by atoms with E-state index >= 15 is 0 Å². The quantitative estimate of drug-likeness (QED) is 0.922. The van der Waals surface area contributed by atoms with Gasteiger partial charge in [-0.3, -0.25) is 4.79 Å². The highest BCUT2D eigenvalue weighted by atomic mass is 16.5. The molecule has 2 aliphatic heterocycles. The number of fused-ring (bicyclic) bond motifs is 1. The Balaban J connectivity index is 1.59. The summed E-state index contributed by atoms with van der Waals surface area (Å²) in [5.74, 6) is 0.891. The topological polar surface area (TPSA) is 58.8 Å². The normalized spacial score (nSPS) is 16.8. The zero-order valence-electron chi connectivity index (χ0n) is 15.0. The summed E-state index contributed by atoms with van der Waals surface area (Å²) >= 11 is 0. The largest absolute Gasteiger partial charge is 0.490 e. The second-order valence-corrected chi connectivity index (χ2v) is 6.91. The van der Waals surface area contributed by atoms with Crippen molar-refractivity contribution in [1.29, 1.82) is 0 Å². The molecule has 4 rings (SSSR count). The lowest BCUT2D eigenvalue weighted by molar-refractivity contribution is 0.0724. The molecule has 5 nitrogen and oxygen atoms in total. The second kappa shape index (κ2) is 7.38. The van der Waals surface area contributed by atoms with Gasteiger partial charge in [0.2, 0.25) is 0 Å². The van der Waals surface area contributed by atoms with Crippen molar-refractivity contribution in [3.05, 3.63) is 53.6 Å². The molecular weight excluding hydrogens is 326 g/mol. The van der Waals surface area contributed by atoms with Gasteiger partial charge in [0.15, 0.2) is 0 Å². The van der Waals surface area contributed by atoms with Gasteiger partial charge in [-0.2, -0.15) is 0 Å². The minimum atomic E-state index is 0.112. The van der Waals surface area contributed by atoms with Crippen LogP contribution in [0.25, 0.3) is 0 Å². The summed E-state index contributed by atoms with van der Waals surface area (Å²) in [5.41, 5.74) is 9.64. The molecule has 0 aromatic heterocycles. The molecule has 0 saturated carbocycles. The van der Waals surface area contributed by atoms with Crippen molar-refractivity contribution in [2.45, 2.75) is 25.8 Å². The molecule has 0 spiro atoms. The predicted molar refractivity (Wildman–Crippen MR) is 103 cm³/mol. The fourth-order valence-electron chi connectivity index (χ4n) is 3.71. The van der Waals surface area contributed by atoms with Gasteiger partial charge >= 0.3 is 0 Å². The van der Waals surface area contributed by atoms with Crippen LogP contribution >= 0.6 is 0 Å². The first-order chi connectivity index (χ1) is 12.8. The number of nitrogens with two attached hydrogens (primary N) is 1. The standard InChI is InChI=1S/C21H25N3O2/c22-15-16-4-7-18(8-5-16)24-12-13-26-20-14-17(6-9-19(20)24)21(25)23-10-2-1-3-11-23/h4-9,14H,1-3,10-13,15,22H2. The average Bonchev–Trinajstić information content (AvgIpc) is 2.73. The third-order valence-electron chi connectivity index (χ3n) is 5.20. The molecule has 2 heterocycles. The van der Waals surface area contributed by atoms with Crippen molar-refractivity contribution in [2.75, 3.05) is 31.1 Å². The summed E-state index contributed by atoms with van der Waals surface area (Å²) in [6, 6.07) is 14.1. The van der Waals surface area contributed by atoms with Gasteiger partial charge in [-0.25, -0.2) is 0 Å². The van der Waals surface area contributed by atoms with Gasteiger partial charge in [0, 0.05) is 30.9 Å². The van der Waals surface area contributed by atoms with E-state index in [1.54, 1.807) is 0 Å². The molecule has 2 aromatic rings. The lowest BCUT2D eigenvalue weighted by Gasteiger charge is -2.32. The summed E-state index contributed by atoms with van der Waals surface area (Å²) in [6.45, 7) is 3.65. The molecule has 1 amide bonds. The number of amides is 1. The number of hydrogen-bond donors (Lipinski definition) is 1. The molecule has 0 atom stereocenters. The van der Waals surface area contributed by atoms with Gasteiger partial charge in [-0.05, 0) is 55.2 Å². The number of carbonyl (C=O) groups is 1. The zero-order valence-corrected chi connectivity index (χ0v) is 15.0. The number of rotatable bonds is 3. The molecule has 26 heavy (non-hydrogen) atoms. The highest BCUT2D eigenvalue weighted by Crippen LogP contribution is 2.37. The van der Waals surface area contributed by atoms with E-state index in [0.717, 1.165) is 55.2 Å². The number of ether oxygens (including phenoxy) is 1. The van der Waals surface area contributed by atoms with Crippen molar-refractivity contribution in [1.82, 2.24) is 4.90 Å². The summed E-state index contributed by atoms with van der Waals surface area (Å²) in [5, 5.41) is 0. The van der Waals surface area contributed by atoms with Gasteiger partial charge in [0.05, 0.1) is 12.2 Å². The molecule has 2 aliphatic rings. The fourth-order valence-corrected chi connectivity index (χ4v) is 3.71. The van der Waals surface area contributed by atoms with Crippen molar-refractivity contribution in [3.8, 4) is 5.75 Å². The molecule has 2 aromatic carbocycles. The van der Waals surface area contributed by atoms with E-state index in [1.165, 1.54) is 6.42 Å².